The standard InChI is InChI=1S/C17H30O14/c1-5-7(19)9(21)10(22)15(29-5)27-2-6-8(20)12(11(23)14(25)30-6)31-16-13(24)17(26,3-18)4-28-16/h5-16,18-26H,2-4H2,1H3/t5-,6+,7-,8+,9+,10+,11+,12-,13+,14+,15+,16-,17-/m0/s1. The topological polar surface area (TPSA) is 228 Å². The first-order chi connectivity index (χ1) is 14.5. The number of ether oxygens (including phenoxy) is 5. The molecule has 13 atom stereocenters. The predicted octanol–water partition coefficient (Wildman–Crippen LogP) is -5.90. The molecule has 9 N–H and O–H groups in total. The summed E-state index contributed by atoms with van der Waals surface area (Å²) in [6.45, 7) is -0.332. The average Bonchev–Trinajstić information content (AvgIpc) is 3.03. The Morgan fingerprint density at radius 3 is 2.16 bits per heavy atom. The molecule has 3 saturated heterocycles. The third kappa shape index (κ3) is 4.87. The van der Waals surface area contributed by atoms with Crippen molar-refractivity contribution in [2.75, 3.05) is 19.8 Å². The van der Waals surface area contributed by atoms with Gasteiger partial charge in [-0.05, 0) is 6.92 Å². The number of hydrogen-bond donors (Lipinski definition) is 9. The lowest BCUT2D eigenvalue weighted by molar-refractivity contribution is -0.337. The van der Waals surface area contributed by atoms with Crippen molar-refractivity contribution in [2.24, 2.45) is 0 Å². The van der Waals surface area contributed by atoms with Crippen LogP contribution in [-0.2, 0) is 23.7 Å². The van der Waals surface area contributed by atoms with Gasteiger partial charge in [-0.25, -0.2) is 0 Å². The minimum absolute atomic E-state index is 0.469. The summed E-state index contributed by atoms with van der Waals surface area (Å²) < 4.78 is 26.2. The lowest BCUT2D eigenvalue weighted by atomic mass is 9.97. The van der Waals surface area contributed by atoms with Crippen molar-refractivity contribution in [3.8, 4) is 0 Å². The van der Waals surface area contributed by atoms with Gasteiger partial charge < -0.3 is 69.6 Å². The van der Waals surface area contributed by atoms with E-state index in [1.807, 2.05) is 0 Å². The van der Waals surface area contributed by atoms with Gasteiger partial charge in [0.15, 0.2) is 18.9 Å². The Hall–Kier alpha value is -0.560. The highest BCUT2D eigenvalue weighted by molar-refractivity contribution is 4.96. The van der Waals surface area contributed by atoms with Gasteiger partial charge in [0.25, 0.3) is 0 Å². The molecule has 3 rings (SSSR count). The van der Waals surface area contributed by atoms with E-state index >= 15 is 0 Å². The highest BCUT2D eigenvalue weighted by atomic mass is 16.7. The minimum atomic E-state index is -2.00. The fourth-order valence-electron chi connectivity index (χ4n) is 3.62. The molecule has 182 valence electrons. The summed E-state index contributed by atoms with van der Waals surface area (Å²) in [5.74, 6) is 0. The largest absolute Gasteiger partial charge is 0.393 e. The maximum Gasteiger partial charge on any atom is 0.187 e. The van der Waals surface area contributed by atoms with Crippen molar-refractivity contribution >= 4 is 0 Å². The summed E-state index contributed by atoms with van der Waals surface area (Å²) >= 11 is 0. The smallest absolute Gasteiger partial charge is 0.187 e. The molecule has 3 fully saturated rings. The van der Waals surface area contributed by atoms with E-state index in [0.717, 1.165) is 0 Å². The molecule has 14 heteroatoms. The van der Waals surface area contributed by atoms with Crippen LogP contribution in [0.1, 0.15) is 6.92 Å². The van der Waals surface area contributed by atoms with Gasteiger partial charge in [-0.2, -0.15) is 0 Å². The van der Waals surface area contributed by atoms with E-state index in [9.17, 15) is 46.0 Å². The van der Waals surface area contributed by atoms with Crippen molar-refractivity contribution in [3.05, 3.63) is 0 Å². The van der Waals surface area contributed by atoms with Gasteiger partial charge in [0, 0.05) is 0 Å². The van der Waals surface area contributed by atoms with Gasteiger partial charge in [0.2, 0.25) is 0 Å². The van der Waals surface area contributed by atoms with E-state index in [0.29, 0.717) is 0 Å². The Kier molecular flexibility index (Phi) is 7.88. The lowest BCUT2D eigenvalue weighted by Gasteiger charge is -2.43. The number of aliphatic hydroxyl groups excluding tert-OH is 8. The number of aliphatic hydroxyl groups is 9. The first kappa shape index (κ1) is 25.1. The van der Waals surface area contributed by atoms with Crippen molar-refractivity contribution in [3.63, 3.8) is 0 Å². The molecule has 0 amide bonds. The zero-order valence-electron chi connectivity index (χ0n) is 16.6. The van der Waals surface area contributed by atoms with E-state index in [2.05, 4.69) is 0 Å². The quantitative estimate of drug-likeness (QED) is 0.181. The molecular weight excluding hydrogens is 428 g/mol. The third-order valence-electron chi connectivity index (χ3n) is 5.76. The van der Waals surface area contributed by atoms with Crippen LogP contribution in [0.15, 0.2) is 0 Å². The van der Waals surface area contributed by atoms with Crippen LogP contribution in [0.4, 0.5) is 0 Å². The van der Waals surface area contributed by atoms with Crippen LogP contribution >= 0.6 is 0 Å². The Labute approximate surface area is 176 Å². The SMILES string of the molecule is C[C@@H]1O[C@@H](OC[C@H]2O[C@@H](O)[C@H](O)[C@@H](O[C@@H]3OC[C@@](O)(CO)[C@@H]3O)[C@@H]2O)[C@H](O)[C@H](O)[C@H]1O. The molecule has 0 radical (unpaired) electrons. The minimum Gasteiger partial charge on any atom is -0.393 e. The third-order valence-corrected chi connectivity index (χ3v) is 5.76. The average molecular weight is 458 g/mol. The van der Waals surface area contributed by atoms with E-state index in [-0.39, 0.29) is 0 Å². The molecular formula is C17H30O14. The van der Waals surface area contributed by atoms with Crippen LogP contribution in [0.3, 0.4) is 0 Å². The van der Waals surface area contributed by atoms with Crippen LogP contribution in [0.25, 0.3) is 0 Å². The predicted molar refractivity (Wildman–Crippen MR) is 93.9 cm³/mol. The first-order valence-corrected chi connectivity index (χ1v) is 9.79. The fraction of sp³-hybridized carbons (Fsp3) is 1.00. The van der Waals surface area contributed by atoms with Crippen LogP contribution in [0.5, 0.6) is 0 Å². The van der Waals surface area contributed by atoms with Crippen LogP contribution < -0.4 is 0 Å². The van der Waals surface area contributed by atoms with Gasteiger partial charge in [0.05, 0.1) is 25.9 Å². The van der Waals surface area contributed by atoms with Gasteiger partial charge in [0.1, 0.15) is 54.4 Å². The number of rotatable bonds is 6. The highest BCUT2D eigenvalue weighted by Crippen LogP contribution is 2.31. The molecule has 0 spiro atoms. The van der Waals surface area contributed by atoms with Crippen molar-refractivity contribution in [2.45, 2.75) is 86.3 Å². The summed E-state index contributed by atoms with van der Waals surface area (Å²) in [6.07, 6.45) is -18.1. The summed E-state index contributed by atoms with van der Waals surface area (Å²) in [5.41, 5.74) is -2.00. The van der Waals surface area contributed by atoms with Crippen molar-refractivity contribution in [1.29, 1.82) is 0 Å². The summed E-state index contributed by atoms with van der Waals surface area (Å²) in [4.78, 5) is 0. The first-order valence-electron chi connectivity index (χ1n) is 9.79. The van der Waals surface area contributed by atoms with E-state index in [1.165, 1.54) is 6.92 Å². The molecule has 3 aliphatic rings. The van der Waals surface area contributed by atoms with E-state index in [4.69, 9.17) is 23.7 Å². The normalized spacial score (nSPS) is 53.6. The molecule has 0 aromatic rings. The molecule has 0 aromatic carbocycles. The molecule has 14 nitrogen and oxygen atoms in total. The Bertz CT molecular complexity index is 595. The Balaban J connectivity index is 1.62. The van der Waals surface area contributed by atoms with E-state index in [1.54, 1.807) is 0 Å². The van der Waals surface area contributed by atoms with Crippen molar-refractivity contribution in [1.82, 2.24) is 0 Å². The molecule has 0 bridgehead atoms. The molecule has 0 saturated carbocycles. The van der Waals surface area contributed by atoms with Gasteiger partial charge in [-0.15, -0.1) is 0 Å². The molecule has 3 aliphatic heterocycles. The van der Waals surface area contributed by atoms with Crippen LogP contribution in [0, 0.1) is 0 Å². The second kappa shape index (κ2) is 9.74. The maximum absolute atomic E-state index is 10.5. The maximum atomic E-state index is 10.5. The Morgan fingerprint density at radius 1 is 0.871 bits per heavy atom. The molecule has 0 unspecified atom stereocenters. The van der Waals surface area contributed by atoms with E-state index < -0.39 is 99.2 Å². The summed E-state index contributed by atoms with van der Waals surface area (Å²) in [7, 11) is 0. The van der Waals surface area contributed by atoms with Gasteiger partial charge >= 0.3 is 0 Å². The van der Waals surface area contributed by atoms with Crippen LogP contribution in [0.2, 0.25) is 0 Å². The Morgan fingerprint density at radius 2 is 1.55 bits per heavy atom. The lowest BCUT2D eigenvalue weighted by Crippen LogP contribution is -2.62. The van der Waals surface area contributed by atoms with Gasteiger partial charge in [-0.1, -0.05) is 0 Å². The summed E-state index contributed by atoms with van der Waals surface area (Å²) in [5, 5.41) is 89.5. The van der Waals surface area contributed by atoms with Crippen molar-refractivity contribution < 1.29 is 69.6 Å². The van der Waals surface area contributed by atoms with Crippen LogP contribution in [-0.4, -0.2) is 145 Å². The zero-order chi connectivity index (χ0) is 23.1. The monoisotopic (exact) mass is 458 g/mol. The number of hydrogen-bond acceptors (Lipinski definition) is 14. The van der Waals surface area contributed by atoms with Gasteiger partial charge in [-0.3, -0.25) is 0 Å². The second-order valence-electron chi connectivity index (χ2n) is 8.05. The molecule has 0 aromatic heterocycles. The molecule has 0 aliphatic carbocycles. The summed E-state index contributed by atoms with van der Waals surface area (Å²) in [6, 6.07) is 0. The highest BCUT2D eigenvalue weighted by Gasteiger charge is 2.53. The molecule has 3 heterocycles. The zero-order valence-corrected chi connectivity index (χ0v) is 16.6. The second-order valence-corrected chi connectivity index (χ2v) is 8.05. The fourth-order valence-corrected chi connectivity index (χ4v) is 3.62. The molecule has 31 heavy (non-hydrogen) atoms.